The monoisotopic (exact) mass is 255 g/mol. The van der Waals surface area contributed by atoms with Crippen molar-refractivity contribution in [2.24, 2.45) is 0 Å². The van der Waals surface area contributed by atoms with Gasteiger partial charge in [0.05, 0.1) is 12.7 Å². The number of benzene rings is 1. The number of rotatable bonds is 2. The zero-order chi connectivity index (χ0) is 10.7. The average Bonchev–Trinajstić information content (AvgIpc) is 2.16. The summed E-state index contributed by atoms with van der Waals surface area (Å²) in [5.74, 6) is 0.310. The molecule has 0 saturated carbocycles. The van der Waals surface area contributed by atoms with Crippen LogP contribution >= 0.6 is 15.9 Å². The molecule has 1 aromatic rings. The third-order valence-corrected chi connectivity index (χ3v) is 2.17. The van der Waals surface area contributed by atoms with Gasteiger partial charge in [0.15, 0.2) is 0 Å². The maximum Gasteiger partial charge on any atom is 0.489 e. The molecule has 2 N–H and O–H groups in total. The molecule has 0 spiro atoms. The van der Waals surface area contributed by atoms with Crippen LogP contribution in [-0.4, -0.2) is 24.3 Å². The molecule has 0 saturated heterocycles. The topological polar surface area (TPSA) is 73.5 Å². The molecule has 0 unspecified atom stereocenters. The Labute approximate surface area is 90.0 Å². The van der Waals surface area contributed by atoms with Crippen molar-refractivity contribution in [1.82, 2.24) is 0 Å². The van der Waals surface area contributed by atoms with E-state index in [1.165, 1.54) is 13.2 Å². The lowest BCUT2D eigenvalue weighted by Crippen LogP contribution is -2.32. The molecule has 0 fully saturated rings. The Morgan fingerprint density at radius 3 is 2.57 bits per heavy atom. The first-order valence-corrected chi connectivity index (χ1v) is 4.53. The first-order valence-electron chi connectivity index (χ1n) is 3.73. The molecule has 1 aromatic carbocycles. The van der Waals surface area contributed by atoms with Gasteiger partial charge < -0.3 is 14.8 Å². The van der Waals surface area contributed by atoms with Crippen molar-refractivity contribution in [3.8, 4) is 11.8 Å². The highest BCUT2D eigenvalue weighted by atomic mass is 79.9. The minimum Gasteiger partial charge on any atom is -0.495 e. The molecule has 14 heavy (non-hydrogen) atoms. The predicted molar refractivity (Wildman–Crippen MR) is 55.2 cm³/mol. The van der Waals surface area contributed by atoms with Crippen LogP contribution in [0, 0.1) is 11.3 Å². The fourth-order valence-electron chi connectivity index (χ4n) is 1.09. The van der Waals surface area contributed by atoms with Crippen molar-refractivity contribution in [2.45, 2.75) is 0 Å². The predicted octanol–water partition coefficient (Wildman–Crippen LogP) is 0.00918. The van der Waals surface area contributed by atoms with E-state index in [4.69, 9.17) is 20.0 Å². The number of hydrogen-bond donors (Lipinski definition) is 2. The summed E-state index contributed by atoms with van der Waals surface area (Å²) in [6.45, 7) is 0. The molecule has 0 aliphatic heterocycles. The first-order chi connectivity index (χ1) is 6.60. The van der Waals surface area contributed by atoms with Crippen molar-refractivity contribution in [1.29, 1.82) is 5.26 Å². The van der Waals surface area contributed by atoms with Crippen molar-refractivity contribution >= 4 is 28.5 Å². The van der Waals surface area contributed by atoms with E-state index in [9.17, 15) is 0 Å². The van der Waals surface area contributed by atoms with Crippen LogP contribution in [0.4, 0.5) is 0 Å². The number of halogens is 1. The first kappa shape index (κ1) is 11.1. The van der Waals surface area contributed by atoms with Gasteiger partial charge in [-0.3, -0.25) is 0 Å². The molecule has 0 heterocycles. The second-order valence-corrected chi connectivity index (χ2v) is 3.47. The molecule has 0 amide bonds. The quantitative estimate of drug-likeness (QED) is 0.731. The summed E-state index contributed by atoms with van der Waals surface area (Å²) in [5.41, 5.74) is 0.254. The summed E-state index contributed by atoms with van der Waals surface area (Å²) in [5, 5.41) is 26.8. The van der Waals surface area contributed by atoms with E-state index in [1.54, 1.807) is 6.07 Å². The molecule has 72 valence electrons. The van der Waals surface area contributed by atoms with Crippen molar-refractivity contribution in [3.05, 3.63) is 22.2 Å². The van der Waals surface area contributed by atoms with Crippen molar-refractivity contribution in [3.63, 3.8) is 0 Å². The zero-order valence-electron chi connectivity index (χ0n) is 7.36. The van der Waals surface area contributed by atoms with E-state index in [-0.39, 0.29) is 11.0 Å². The van der Waals surface area contributed by atoms with Gasteiger partial charge in [0.1, 0.15) is 11.8 Å². The summed E-state index contributed by atoms with van der Waals surface area (Å²) >= 11 is 3.17. The number of methoxy groups -OCH3 is 1. The van der Waals surface area contributed by atoms with Crippen LogP contribution in [-0.2, 0) is 0 Å². The highest BCUT2D eigenvalue weighted by Crippen LogP contribution is 2.21. The minimum atomic E-state index is -1.68. The van der Waals surface area contributed by atoms with Gasteiger partial charge in [-0.1, -0.05) is 15.9 Å². The van der Waals surface area contributed by atoms with Crippen LogP contribution in [0.1, 0.15) is 5.56 Å². The van der Waals surface area contributed by atoms with Gasteiger partial charge in [-0.25, -0.2) is 0 Å². The highest BCUT2D eigenvalue weighted by molar-refractivity contribution is 9.10. The van der Waals surface area contributed by atoms with Crippen LogP contribution in [0.5, 0.6) is 5.75 Å². The number of hydrogen-bond acceptors (Lipinski definition) is 4. The minimum absolute atomic E-state index is 0.124. The molecule has 0 aliphatic carbocycles. The Morgan fingerprint density at radius 2 is 2.14 bits per heavy atom. The van der Waals surface area contributed by atoms with Gasteiger partial charge in [-0.05, 0) is 12.1 Å². The molecule has 1 rings (SSSR count). The summed E-state index contributed by atoms with van der Waals surface area (Å²) < 4.78 is 5.55. The molecular weight excluding hydrogens is 249 g/mol. The fourth-order valence-corrected chi connectivity index (χ4v) is 1.54. The van der Waals surface area contributed by atoms with Gasteiger partial charge in [0, 0.05) is 9.94 Å². The standard InChI is InChI=1S/C8H7BBrNO3/c1-14-8-3-5(10)2-7(9(12)13)6(8)4-11/h2-3,12-13H,1H3. The normalized spacial score (nSPS) is 9.36. The summed E-state index contributed by atoms with van der Waals surface area (Å²) in [6.07, 6.45) is 0. The summed E-state index contributed by atoms with van der Waals surface area (Å²) in [4.78, 5) is 0. The van der Waals surface area contributed by atoms with Crippen LogP contribution in [0.2, 0.25) is 0 Å². The zero-order valence-corrected chi connectivity index (χ0v) is 8.95. The number of nitriles is 1. The molecular formula is C8H7BBrNO3. The van der Waals surface area contributed by atoms with Gasteiger partial charge in [-0.15, -0.1) is 0 Å². The van der Waals surface area contributed by atoms with E-state index in [0.717, 1.165) is 0 Å². The molecule has 0 bridgehead atoms. The Hall–Kier alpha value is -1.03. The smallest absolute Gasteiger partial charge is 0.489 e. The molecule has 0 radical (unpaired) electrons. The molecule has 0 atom stereocenters. The lowest BCUT2D eigenvalue weighted by molar-refractivity contribution is 0.410. The Balaban J connectivity index is 3.41. The SMILES string of the molecule is COc1cc(Br)cc(B(O)O)c1C#N. The lowest BCUT2D eigenvalue weighted by Gasteiger charge is -2.08. The average molecular weight is 256 g/mol. The Morgan fingerprint density at radius 1 is 1.50 bits per heavy atom. The van der Waals surface area contributed by atoms with Crippen LogP contribution in [0.15, 0.2) is 16.6 Å². The maximum atomic E-state index is 9.01. The Bertz CT molecular complexity index is 389. The number of nitrogens with zero attached hydrogens (tertiary/aromatic N) is 1. The summed E-state index contributed by atoms with van der Waals surface area (Å²) in [6, 6.07) is 4.91. The van der Waals surface area contributed by atoms with Crippen LogP contribution in [0.25, 0.3) is 0 Å². The molecule has 6 heteroatoms. The van der Waals surface area contributed by atoms with E-state index in [0.29, 0.717) is 10.2 Å². The third kappa shape index (κ3) is 2.07. The van der Waals surface area contributed by atoms with Crippen LogP contribution < -0.4 is 10.2 Å². The van der Waals surface area contributed by atoms with Gasteiger partial charge in [-0.2, -0.15) is 5.26 Å². The number of ether oxygens (including phenoxy) is 1. The van der Waals surface area contributed by atoms with E-state index in [2.05, 4.69) is 15.9 Å². The van der Waals surface area contributed by atoms with E-state index < -0.39 is 7.12 Å². The lowest BCUT2D eigenvalue weighted by atomic mass is 9.77. The molecule has 0 aromatic heterocycles. The maximum absolute atomic E-state index is 9.01. The van der Waals surface area contributed by atoms with Gasteiger partial charge in [0.25, 0.3) is 0 Å². The fraction of sp³-hybridized carbons (Fsp3) is 0.125. The van der Waals surface area contributed by atoms with Crippen LogP contribution in [0.3, 0.4) is 0 Å². The largest absolute Gasteiger partial charge is 0.495 e. The molecule has 4 nitrogen and oxygen atoms in total. The van der Waals surface area contributed by atoms with Crippen molar-refractivity contribution < 1.29 is 14.8 Å². The van der Waals surface area contributed by atoms with Gasteiger partial charge >= 0.3 is 7.12 Å². The molecule has 0 aliphatic rings. The van der Waals surface area contributed by atoms with Gasteiger partial charge in [0.2, 0.25) is 0 Å². The van der Waals surface area contributed by atoms with E-state index in [1.807, 2.05) is 6.07 Å². The summed E-state index contributed by atoms with van der Waals surface area (Å²) in [7, 11) is -0.271. The highest BCUT2D eigenvalue weighted by Gasteiger charge is 2.20. The Kier molecular flexibility index (Phi) is 3.52. The van der Waals surface area contributed by atoms with E-state index >= 15 is 0 Å². The second-order valence-electron chi connectivity index (χ2n) is 2.56. The third-order valence-electron chi connectivity index (χ3n) is 1.71. The van der Waals surface area contributed by atoms with Crippen molar-refractivity contribution in [2.75, 3.05) is 7.11 Å². The second kappa shape index (κ2) is 4.46.